The minimum Gasteiger partial charge on any atom is -0.490 e. The van der Waals surface area contributed by atoms with Crippen LogP contribution in [0.15, 0.2) is 40.9 Å². The van der Waals surface area contributed by atoms with Crippen molar-refractivity contribution in [3.05, 3.63) is 52.3 Å². The Kier molecular flexibility index (Phi) is 7.25. The predicted molar refractivity (Wildman–Crippen MR) is 99.8 cm³/mol. The fraction of sp³-hybridized carbons (Fsp3) is 0.316. The van der Waals surface area contributed by atoms with Crippen LogP contribution in [0.3, 0.4) is 0 Å². The summed E-state index contributed by atoms with van der Waals surface area (Å²) in [5, 5.41) is 2.59. The zero-order chi connectivity index (χ0) is 18.2. The molecule has 0 saturated heterocycles. The number of benzene rings is 2. The van der Waals surface area contributed by atoms with Crippen molar-refractivity contribution < 1.29 is 18.7 Å². The van der Waals surface area contributed by atoms with Crippen molar-refractivity contribution in [2.24, 2.45) is 0 Å². The molecule has 1 N–H and O–H groups in total. The number of ether oxygens (including phenoxy) is 2. The van der Waals surface area contributed by atoms with Gasteiger partial charge in [0.15, 0.2) is 11.5 Å². The molecule has 134 valence electrons. The molecule has 0 aliphatic rings. The van der Waals surface area contributed by atoms with E-state index in [4.69, 9.17) is 9.47 Å². The first-order valence-corrected chi connectivity index (χ1v) is 8.96. The second-order valence-electron chi connectivity index (χ2n) is 5.32. The fourth-order valence-electron chi connectivity index (χ4n) is 2.31. The smallest absolute Gasteiger partial charge is 0.224 e. The van der Waals surface area contributed by atoms with E-state index < -0.39 is 5.82 Å². The quantitative estimate of drug-likeness (QED) is 0.670. The standard InChI is InChI=1S/C19H21BrFNO3/c1-3-24-17-9-5-13(11-18(17)25-4-2)6-10-19(23)22-16-8-7-14(20)12-15(16)21/h5,7-9,11-12H,3-4,6,10H2,1-2H3,(H,22,23). The molecule has 0 atom stereocenters. The van der Waals surface area contributed by atoms with Gasteiger partial charge in [0.1, 0.15) is 5.82 Å². The van der Waals surface area contributed by atoms with Gasteiger partial charge in [-0.3, -0.25) is 4.79 Å². The molecule has 0 bridgehead atoms. The SMILES string of the molecule is CCOc1ccc(CCC(=O)Nc2ccc(Br)cc2F)cc1OCC. The highest BCUT2D eigenvalue weighted by Crippen LogP contribution is 2.29. The van der Waals surface area contributed by atoms with Gasteiger partial charge in [-0.25, -0.2) is 4.39 Å². The molecule has 0 aliphatic heterocycles. The summed E-state index contributed by atoms with van der Waals surface area (Å²) in [6, 6.07) is 10.1. The van der Waals surface area contributed by atoms with Crippen LogP contribution in [0.4, 0.5) is 10.1 Å². The Bertz CT molecular complexity index is 737. The highest BCUT2D eigenvalue weighted by atomic mass is 79.9. The molecule has 6 heteroatoms. The van der Waals surface area contributed by atoms with Crippen molar-refractivity contribution in [1.82, 2.24) is 0 Å². The second-order valence-corrected chi connectivity index (χ2v) is 6.24. The lowest BCUT2D eigenvalue weighted by molar-refractivity contribution is -0.116. The van der Waals surface area contributed by atoms with Gasteiger partial charge in [-0.15, -0.1) is 0 Å². The summed E-state index contributed by atoms with van der Waals surface area (Å²) >= 11 is 3.19. The highest BCUT2D eigenvalue weighted by molar-refractivity contribution is 9.10. The van der Waals surface area contributed by atoms with Crippen molar-refractivity contribution in [1.29, 1.82) is 0 Å². The Hall–Kier alpha value is -2.08. The number of carbonyl (C=O) groups excluding carboxylic acids is 1. The van der Waals surface area contributed by atoms with Crippen LogP contribution in [0.1, 0.15) is 25.8 Å². The van der Waals surface area contributed by atoms with Crippen LogP contribution in [-0.2, 0) is 11.2 Å². The number of nitrogens with one attached hydrogen (secondary N) is 1. The summed E-state index contributed by atoms with van der Waals surface area (Å²) in [7, 11) is 0. The summed E-state index contributed by atoms with van der Waals surface area (Å²) in [5.74, 6) is 0.645. The van der Waals surface area contributed by atoms with Gasteiger partial charge >= 0.3 is 0 Å². The van der Waals surface area contributed by atoms with Crippen LogP contribution in [0.2, 0.25) is 0 Å². The summed E-state index contributed by atoms with van der Waals surface area (Å²) in [6.45, 7) is 4.91. The van der Waals surface area contributed by atoms with Crippen LogP contribution < -0.4 is 14.8 Å². The molecule has 2 rings (SSSR count). The first-order valence-electron chi connectivity index (χ1n) is 8.17. The van der Waals surface area contributed by atoms with Crippen molar-refractivity contribution in [3.63, 3.8) is 0 Å². The Balaban J connectivity index is 1.97. The maximum atomic E-state index is 13.8. The number of hydrogen-bond acceptors (Lipinski definition) is 3. The summed E-state index contributed by atoms with van der Waals surface area (Å²) in [4.78, 5) is 12.1. The molecular formula is C19H21BrFNO3. The number of halogens is 2. The second kappa shape index (κ2) is 9.42. The van der Waals surface area contributed by atoms with Crippen LogP contribution in [-0.4, -0.2) is 19.1 Å². The van der Waals surface area contributed by atoms with Gasteiger partial charge < -0.3 is 14.8 Å². The minimum atomic E-state index is -0.470. The Morgan fingerprint density at radius 3 is 2.48 bits per heavy atom. The van der Waals surface area contributed by atoms with Crippen LogP contribution in [0.25, 0.3) is 0 Å². The predicted octanol–water partition coefficient (Wildman–Crippen LogP) is 4.96. The van der Waals surface area contributed by atoms with Gasteiger partial charge in [0.2, 0.25) is 5.91 Å². The number of amides is 1. The van der Waals surface area contributed by atoms with E-state index in [2.05, 4.69) is 21.2 Å². The van der Waals surface area contributed by atoms with Gasteiger partial charge in [-0.1, -0.05) is 22.0 Å². The van der Waals surface area contributed by atoms with Gasteiger partial charge in [-0.2, -0.15) is 0 Å². The molecule has 0 radical (unpaired) electrons. The molecule has 2 aromatic carbocycles. The fourth-order valence-corrected chi connectivity index (χ4v) is 2.65. The topological polar surface area (TPSA) is 47.6 Å². The first kappa shape index (κ1) is 19.2. The van der Waals surface area contributed by atoms with Gasteiger partial charge in [-0.05, 0) is 56.2 Å². The lowest BCUT2D eigenvalue weighted by atomic mass is 10.1. The molecule has 0 unspecified atom stereocenters. The van der Waals surface area contributed by atoms with Crippen LogP contribution in [0.5, 0.6) is 11.5 Å². The highest BCUT2D eigenvalue weighted by Gasteiger charge is 2.10. The third kappa shape index (κ3) is 5.74. The normalized spacial score (nSPS) is 10.4. The van der Waals surface area contributed by atoms with Crippen LogP contribution in [0, 0.1) is 5.82 Å². The molecule has 4 nitrogen and oxygen atoms in total. The maximum absolute atomic E-state index is 13.8. The van der Waals surface area contributed by atoms with E-state index in [0.717, 1.165) is 5.56 Å². The Morgan fingerprint density at radius 1 is 1.08 bits per heavy atom. The average Bonchev–Trinajstić information content (AvgIpc) is 2.58. The van der Waals surface area contributed by atoms with Gasteiger partial charge in [0.05, 0.1) is 18.9 Å². The third-order valence-corrected chi connectivity index (χ3v) is 3.95. The lowest BCUT2D eigenvalue weighted by Gasteiger charge is -2.12. The largest absolute Gasteiger partial charge is 0.490 e. The zero-order valence-electron chi connectivity index (χ0n) is 14.3. The third-order valence-electron chi connectivity index (χ3n) is 3.45. The van der Waals surface area contributed by atoms with E-state index in [0.29, 0.717) is 35.6 Å². The summed E-state index contributed by atoms with van der Waals surface area (Å²) < 4.78 is 25.5. The molecule has 2 aromatic rings. The van der Waals surface area contributed by atoms with E-state index >= 15 is 0 Å². The molecule has 0 fully saturated rings. The number of aryl methyl sites for hydroxylation is 1. The number of anilines is 1. The number of hydrogen-bond donors (Lipinski definition) is 1. The average molecular weight is 410 g/mol. The van der Waals surface area contributed by atoms with Crippen molar-refractivity contribution in [2.45, 2.75) is 26.7 Å². The summed E-state index contributed by atoms with van der Waals surface area (Å²) in [6.07, 6.45) is 0.769. The Labute approximate surface area is 155 Å². The van der Waals surface area contributed by atoms with Crippen LogP contribution >= 0.6 is 15.9 Å². The van der Waals surface area contributed by atoms with E-state index in [-0.39, 0.29) is 18.0 Å². The lowest BCUT2D eigenvalue weighted by Crippen LogP contribution is -2.13. The van der Waals surface area contributed by atoms with E-state index in [1.807, 2.05) is 32.0 Å². The molecule has 0 heterocycles. The van der Waals surface area contributed by atoms with E-state index in [1.54, 1.807) is 6.07 Å². The summed E-state index contributed by atoms with van der Waals surface area (Å²) in [5.41, 5.74) is 1.13. The molecule has 1 amide bonds. The van der Waals surface area contributed by atoms with Crippen molar-refractivity contribution >= 4 is 27.5 Å². The molecule has 0 spiro atoms. The van der Waals surface area contributed by atoms with Crippen molar-refractivity contribution in [3.8, 4) is 11.5 Å². The maximum Gasteiger partial charge on any atom is 0.224 e. The molecule has 25 heavy (non-hydrogen) atoms. The minimum absolute atomic E-state index is 0.176. The number of rotatable bonds is 8. The van der Waals surface area contributed by atoms with E-state index in [1.165, 1.54) is 12.1 Å². The Morgan fingerprint density at radius 2 is 1.80 bits per heavy atom. The van der Waals surface area contributed by atoms with Gasteiger partial charge in [0.25, 0.3) is 0 Å². The van der Waals surface area contributed by atoms with Gasteiger partial charge in [0, 0.05) is 10.9 Å². The zero-order valence-corrected chi connectivity index (χ0v) is 15.9. The monoisotopic (exact) mass is 409 g/mol. The van der Waals surface area contributed by atoms with Crippen molar-refractivity contribution in [2.75, 3.05) is 18.5 Å². The number of carbonyl (C=O) groups is 1. The first-order chi connectivity index (χ1) is 12.0. The molecule has 0 aliphatic carbocycles. The molecule has 0 saturated carbocycles. The molecular weight excluding hydrogens is 389 g/mol. The molecule has 0 aromatic heterocycles. The van der Waals surface area contributed by atoms with E-state index in [9.17, 15) is 9.18 Å².